The number of hydrogen-bond donors (Lipinski definition) is 0. The molecule has 0 atom stereocenters. The summed E-state index contributed by atoms with van der Waals surface area (Å²) >= 11 is 0. The molecule has 1 fully saturated rings. The summed E-state index contributed by atoms with van der Waals surface area (Å²) in [4.78, 5) is 41.2. The molecule has 4 rings (SSSR count). The number of aryl methyl sites for hydroxylation is 1. The molecule has 33 heavy (non-hydrogen) atoms. The Kier molecular flexibility index (Phi) is 6.39. The van der Waals surface area contributed by atoms with Gasteiger partial charge < -0.3 is 9.64 Å². The number of aromatic nitrogens is 3. The van der Waals surface area contributed by atoms with Crippen molar-refractivity contribution in [3.8, 4) is 0 Å². The molecule has 1 aliphatic heterocycles. The number of Topliss-reactive ketones (excluding diaryl/α,β-unsaturated/α-hetero) is 1. The average Bonchev–Trinajstić information content (AvgIpc) is 3.23. The van der Waals surface area contributed by atoms with Gasteiger partial charge in [-0.25, -0.2) is 14.3 Å². The van der Waals surface area contributed by atoms with Crippen LogP contribution >= 0.6 is 0 Å². The molecule has 2 amide bonds. The number of fused-ring (bicyclic) bond motifs is 1. The van der Waals surface area contributed by atoms with Crippen LogP contribution in [0.2, 0.25) is 0 Å². The van der Waals surface area contributed by atoms with Crippen LogP contribution < -0.4 is 4.90 Å². The molecular formula is C24H27N5O4. The Morgan fingerprint density at radius 3 is 2.39 bits per heavy atom. The number of likely N-dealkylation sites (tertiary alicyclic amines) is 1. The number of carbonyl (C=O) groups is 3. The predicted octanol–water partition coefficient (Wildman–Crippen LogP) is 3.30. The van der Waals surface area contributed by atoms with Crippen molar-refractivity contribution < 1.29 is 19.1 Å². The number of benzene rings is 2. The van der Waals surface area contributed by atoms with Crippen molar-refractivity contribution in [2.45, 2.75) is 19.8 Å². The molecule has 9 nitrogen and oxygen atoms in total. The standard InChI is InChI=1S/C24H27N5O4/c1-4-33-23(31)17-5-8-19(9-6-17)27(2)24(32)29-13-11-16(12-14-29)22(30)18-7-10-20-21(15-18)28(3)26-25-20/h5-10,15-16H,4,11-14H2,1-3H3. The Morgan fingerprint density at radius 1 is 1.06 bits per heavy atom. The average molecular weight is 450 g/mol. The van der Waals surface area contributed by atoms with E-state index in [2.05, 4.69) is 10.3 Å². The number of anilines is 1. The summed E-state index contributed by atoms with van der Waals surface area (Å²) in [6.45, 7) is 3.09. The van der Waals surface area contributed by atoms with E-state index in [1.165, 1.54) is 0 Å². The lowest BCUT2D eigenvalue weighted by Crippen LogP contribution is -2.46. The van der Waals surface area contributed by atoms with Gasteiger partial charge in [0, 0.05) is 44.4 Å². The Labute approximate surface area is 191 Å². The minimum atomic E-state index is -0.386. The fourth-order valence-electron chi connectivity index (χ4n) is 4.11. The van der Waals surface area contributed by atoms with Crippen molar-refractivity contribution >= 4 is 34.5 Å². The molecule has 1 saturated heterocycles. The first-order valence-electron chi connectivity index (χ1n) is 11.0. The number of piperidine rings is 1. The molecule has 0 unspecified atom stereocenters. The Morgan fingerprint density at radius 2 is 1.73 bits per heavy atom. The molecule has 0 bridgehead atoms. The third-order valence-corrected chi connectivity index (χ3v) is 6.08. The minimum absolute atomic E-state index is 0.0908. The molecule has 9 heteroatoms. The largest absolute Gasteiger partial charge is 0.462 e. The van der Waals surface area contributed by atoms with E-state index in [1.807, 2.05) is 12.1 Å². The third-order valence-electron chi connectivity index (χ3n) is 6.08. The van der Waals surface area contributed by atoms with Gasteiger partial charge in [-0.05, 0) is 62.2 Å². The van der Waals surface area contributed by atoms with Gasteiger partial charge in [-0.15, -0.1) is 5.10 Å². The molecule has 172 valence electrons. The van der Waals surface area contributed by atoms with Crippen LogP contribution in [0.25, 0.3) is 11.0 Å². The number of urea groups is 1. The van der Waals surface area contributed by atoms with Crippen LogP contribution in [0, 0.1) is 5.92 Å². The van der Waals surface area contributed by atoms with E-state index in [9.17, 15) is 14.4 Å². The van der Waals surface area contributed by atoms with Crippen molar-refractivity contribution in [1.29, 1.82) is 0 Å². The maximum atomic E-state index is 13.0. The lowest BCUT2D eigenvalue weighted by molar-refractivity contribution is 0.0526. The summed E-state index contributed by atoms with van der Waals surface area (Å²) in [5.41, 5.74) is 3.36. The molecule has 0 spiro atoms. The number of rotatable bonds is 5. The molecular weight excluding hydrogens is 422 g/mol. The number of nitrogens with zero attached hydrogens (tertiary/aromatic N) is 5. The molecule has 0 aliphatic carbocycles. The van der Waals surface area contributed by atoms with Crippen molar-refractivity contribution in [1.82, 2.24) is 19.9 Å². The first kappa shape index (κ1) is 22.4. The van der Waals surface area contributed by atoms with E-state index in [1.54, 1.807) is 65.8 Å². The zero-order valence-electron chi connectivity index (χ0n) is 19.0. The fourth-order valence-corrected chi connectivity index (χ4v) is 4.11. The van der Waals surface area contributed by atoms with Crippen LogP contribution in [0.1, 0.15) is 40.5 Å². The van der Waals surface area contributed by atoms with E-state index < -0.39 is 0 Å². The van der Waals surface area contributed by atoms with E-state index in [-0.39, 0.29) is 23.7 Å². The van der Waals surface area contributed by atoms with Crippen LogP contribution in [0.5, 0.6) is 0 Å². The zero-order chi connectivity index (χ0) is 23.5. The number of ether oxygens (including phenoxy) is 1. The van der Waals surface area contributed by atoms with E-state index in [0.29, 0.717) is 49.4 Å². The lowest BCUT2D eigenvalue weighted by atomic mass is 9.89. The van der Waals surface area contributed by atoms with Crippen LogP contribution in [0.15, 0.2) is 42.5 Å². The highest BCUT2D eigenvalue weighted by atomic mass is 16.5. The highest BCUT2D eigenvalue weighted by molar-refractivity contribution is 6.00. The van der Waals surface area contributed by atoms with Crippen molar-refractivity contribution in [3.05, 3.63) is 53.6 Å². The SMILES string of the molecule is CCOC(=O)c1ccc(N(C)C(=O)N2CCC(C(=O)c3ccc4nnn(C)c4c3)CC2)cc1. The van der Waals surface area contributed by atoms with Gasteiger partial charge in [-0.1, -0.05) is 5.21 Å². The van der Waals surface area contributed by atoms with Gasteiger partial charge in [0.2, 0.25) is 0 Å². The summed E-state index contributed by atoms with van der Waals surface area (Å²) in [5, 5.41) is 8.04. The van der Waals surface area contributed by atoms with E-state index >= 15 is 0 Å². The maximum Gasteiger partial charge on any atom is 0.338 e. The normalized spacial score (nSPS) is 14.3. The second-order valence-corrected chi connectivity index (χ2v) is 8.15. The Bertz CT molecular complexity index is 1180. The summed E-state index contributed by atoms with van der Waals surface area (Å²) in [6, 6.07) is 12.1. The van der Waals surface area contributed by atoms with Crippen LogP contribution in [-0.4, -0.2) is 64.4 Å². The van der Waals surface area contributed by atoms with E-state index in [0.717, 1.165) is 11.0 Å². The maximum absolute atomic E-state index is 13.0. The summed E-state index contributed by atoms with van der Waals surface area (Å²) in [7, 11) is 3.50. The quantitative estimate of drug-likeness (QED) is 0.438. The van der Waals surface area contributed by atoms with Gasteiger partial charge in [-0.2, -0.15) is 0 Å². The zero-order valence-corrected chi connectivity index (χ0v) is 19.0. The highest BCUT2D eigenvalue weighted by Gasteiger charge is 2.30. The molecule has 2 heterocycles. The third kappa shape index (κ3) is 4.57. The topological polar surface area (TPSA) is 97.6 Å². The highest BCUT2D eigenvalue weighted by Crippen LogP contribution is 2.25. The number of hydrogen-bond acceptors (Lipinski definition) is 6. The molecule has 1 aromatic heterocycles. The molecule has 0 radical (unpaired) electrons. The Balaban J connectivity index is 1.36. The minimum Gasteiger partial charge on any atom is -0.462 e. The molecule has 2 aromatic carbocycles. The van der Waals surface area contributed by atoms with Gasteiger partial charge in [0.1, 0.15) is 5.52 Å². The predicted molar refractivity (Wildman–Crippen MR) is 123 cm³/mol. The van der Waals surface area contributed by atoms with Crippen LogP contribution in [-0.2, 0) is 11.8 Å². The smallest absolute Gasteiger partial charge is 0.338 e. The number of ketones is 1. The molecule has 1 aliphatic rings. The second kappa shape index (κ2) is 9.40. The Hall–Kier alpha value is -3.75. The van der Waals surface area contributed by atoms with Crippen LogP contribution in [0.4, 0.5) is 10.5 Å². The van der Waals surface area contributed by atoms with Crippen molar-refractivity contribution in [2.75, 3.05) is 31.6 Å². The monoisotopic (exact) mass is 449 g/mol. The number of amides is 2. The fraction of sp³-hybridized carbons (Fsp3) is 0.375. The van der Waals surface area contributed by atoms with E-state index in [4.69, 9.17) is 4.74 Å². The summed E-state index contributed by atoms with van der Waals surface area (Å²) < 4.78 is 6.65. The van der Waals surface area contributed by atoms with Crippen LogP contribution in [0.3, 0.4) is 0 Å². The number of esters is 1. The van der Waals surface area contributed by atoms with Gasteiger partial charge in [-0.3, -0.25) is 9.69 Å². The molecule has 0 N–H and O–H groups in total. The van der Waals surface area contributed by atoms with Gasteiger partial charge >= 0.3 is 12.0 Å². The number of carbonyl (C=O) groups excluding carboxylic acids is 3. The lowest BCUT2D eigenvalue weighted by Gasteiger charge is -2.34. The van der Waals surface area contributed by atoms with Gasteiger partial charge in [0.25, 0.3) is 0 Å². The first-order chi connectivity index (χ1) is 15.9. The summed E-state index contributed by atoms with van der Waals surface area (Å²) in [6.07, 6.45) is 1.23. The second-order valence-electron chi connectivity index (χ2n) is 8.15. The van der Waals surface area contributed by atoms with Gasteiger partial charge in [0.05, 0.1) is 17.7 Å². The van der Waals surface area contributed by atoms with Crippen molar-refractivity contribution in [2.24, 2.45) is 13.0 Å². The van der Waals surface area contributed by atoms with Gasteiger partial charge in [0.15, 0.2) is 5.78 Å². The van der Waals surface area contributed by atoms with Crippen molar-refractivity contribution in [3.63, 3.8) is 0 Å². The molecule has 0 saturated carbocycles. The first-order valence-corrected chi connectivity index (χ1v) is 11.0. The molecule has 3 aromatic rings. The summed E-state index contributed by atoms with van der Waals surface area (Å²) in [5.74, 6) is -0.418.